The standard InChI is InChI=1S/C26H30N6O9S/c1-16(39-13-12-37-3)18(23-19(38-4)6-5-7-20(23)40-11-10-33)14-21(41-15-34)24(36)29-25-30-31-26(42-25)32-22(8-9-27-32)28-17(2)35/h5-9,14-15,33H,10-13H2,1-4H3,(H,28,35)(H,29,30,36)/b18-16-,21-14-. The fourth-order valence-electron chi connectivity index (χ4n) is 3.51. The molecule has 42 heavy (non-hydrogen) atoms. The molecule has 15 nitrogen and oxygen atoms in total. The first-order valence-electron chi connectivity index (χ1n) is 12.3. The minimum Gasteiger partial charge on any atom is -0.496 e. The molecule has 0 saturated carbocycles. The largest absolute Gasteiger partial charge is 0.496 e. The molecule has 0 saturated heterocycles. The van der Waals surface area contributed by atoms with Crippen molar-refractivity contribution in [3.8, 4) is 16.6 Å². The van der Waals surface area contributed by atoms with Gasteiger partial charge in [0.25, 0.3) is 12.4 Å². The van der Waals surface area contributed by atoms with Gasteiger partial charge in [0.1, 0.15) is 36.3 Å². The monoisotopic (exact) mass is 602 g/mol. The van der Waals surface area contributed by atoms with Crippen LogP contribution in [0.4, 0.5) is 10.9 Å². The molecule has 0 atom stereocenters. The zero-order chi connectivity index (χ0) is 30.5. The Labute approximate surface area is 244 Å². The average Bonchev–Trinajstić information content (AvgIpc) is 3.63. The molecular weight excluding hydrogens is 572 g/mol. The number of amides is 2. The number of hydrogen-bond acceptors (Lipinski definition) is 13. The van der Waals surface area contributed by atoms with E-state index in [1.807, 2.05) is 0 Å². The molecule has 16 heteroatoms. The van der Waals surface area contributed by atoms with Gasteiger partial charge in [0.05, 0.1) is 32.1 Å². The molecule has 0 aliphatic heterocycles. The van der Waals surface area contributed by atoms with Crippen molar-refractivity contribution in [1.82, 2.24) is 20.0 Å². The van der Waals surface area contributed by atoms with Crippen molar-refractivity contribution in [2.45, 2.75) is 13.8 Å². The summed E-state index contributed by atoms with van der Waals surface area (Å²) in [5.41, 5.74) is 0.670. The van der Waals surface area contributed by atoms with Gasteiger partial charge >= 0.3 is 0 Å². The highest BCUT2D eigenvalue weighted by Gasteiger charge is 2.22. The van der Waals surface area contributed by atoms with Gasteiger partial charge in [-0.3, -0.25) is 19.7 Å². The number of nitrogens with zero attached hydrogens (tertiary/aromatic N) is 4. The Morgan fingerprint density at radius 3 is 2.55 bits per heavy atom. The van der Waals surface area contributed by atoms with E-state index in [9.17, 15) is 19.5 Å². The Morgan fingerprint density at radius 1 is 1.07 bits per heavy atom. The summed E-state index contributed by atoms with van der Waals surface area (Å²) in [5.74, 6) is -0.186. The highest BCUT2D eigenvalue weighted by atomic mass is 32.1. The third-order valence-electron chi connectivity index (χ3n) is 5.25. The fraction of sp³-hybridized carbons (Fsp3) is 0.308. The van der Waals surface area contributed by atoms with E-state index >= 15 is 0 Å². The van der Waals surface area contributed by atoms with Crippen LogP contribution >= 0.6 is 11.3 Å². The zero-order valence-corrected chi connectivity index (χ0v) is 24.1. The van der Waals surface area contributed by atoms with Crippen molar-refractivity contribution in [2.24, 2.45) is 0 Å². The van der Waals surface area contributed by atoms with E-state index in [-0.39, 0.29) is 54.6 Å². The van der Waals surface area contributed by atoms with Crippen LogP contribution in [0.1, 0.15) is 19.4 Å². The molecule has 3 aromatic rings. The summed E-state index contributed by atoms with van der Waals surface area (Å²) in [7, 11) is 2.98. The molecule has 0 aliphatic rings. The number of ether oxygens (including phenoxy) is 5. The topological polar surface area (TPSA) is 185 Å². The Hall–Kier alpha value is -4.80. The second-order valence-corrected chi connectivity index (χ2v) is 9.05. The number of carbonyl (C=O) groups is 3. The van der Waals surface area contributed by atoms with Crippen molar-refractivity contribution < 1.29 is 43.2 Å². The van der Waals surface area contributed by atoms with Crippen molar-refractivity contribution in [3.63, 3.8) is 0 Å². The first kappa shape index (κ1) is 31.7. The average molecular weight is 603 g/mol. The molecular formula is C26H30N6O9S. The second-order valence-electron chi connectivity index (χ2n) is 8.09. The number of carbonyl (C=O) groups excluding carboxylic acids is 3. The quantitative estimate of drug-likeness (QED) is 0.0714. The van der Waals surface area contributed by atoms with Crippen LogP contribution in [0.3, 0.4) is 0 Å². The Morgan fingerprint density at radius 2 is 1.86 bits per heavy atom. The van der Waals surface area contributed by atoms with Crippen molar-refractivity contribution in [3.05, 3.63) is 53.6 Å². The molecule has 0 fully saturated rings. The third kappa shape index (κ3) is 8.35. The number of rotatable bonds is 16. The van der Waals surface area contributed by atoms with Crippen LogP contribution in [-0.2, 0) is 28.6 Å². The molecule has 3 N–H and O–H groups in total. The number of methoxy groups -OCH3 is 2. The molecule has 3 rings (SSSR count). The molecule has 1 aromatic carbocycles. The van der Waals surface area contributed by atoms with Crippen LogP contribution in [0.2, 0.25) is 0 Å². The SMILES string of the molecule is COCCO/C(C)=C(/C=C(\OC=O)C(=O)Nc1nnc(-n2nccc2NC(C)=O)s1)c1c(OC)cccc1OCCO. The van der Waals surface area contributed by atoms with Crippen LogP contribution in [0.15, 0.2) is 48.1 Å². The number of aliphatic hydroxyl groups excluding tert-OH is 1. The number of hydrogen-bond donors (Lipinski definition) is 3. The van der Waals surface area contributed by atoms with E-state index in [2.05, 4.69) is 25.9 Å². The number of aliphatic hydroxyl groups is 1. The maximum Gasteiger partial charge on any atom is 0.298 e. The van der Waals surface area contributed by atoms with Crippen molar-refractivity contribution in [2.75, 3.05) is 51.3 Å². The molecule has 2 heterocycles. The Balaban J connectivity index is 2.01. The van der Waals surface area contributed by atoms with Gasteiger partial charge in [-0.2, -0.15) is 9.78 Å². The van der Waals surface area contributed by atoms with Gasteiger partial charge < -0.3 is 34.1 Å². The number of benzene rings is 1. The Bertz CT molecular complexity index is 1450. The van der Waals surface area contributed by atoms with E-state index in [4.69, 9.17) is 23.7 Å². The van der Waals surface area contributed by atoms with Gasteiger partial charge in [0.15, 0.2) is 5.76 Å². The molecule has 0 bridgehead atoms. The van der Waals surface area contributed by atoms with Gasteiger partial charge in [0.2, 0.25) is 16.2 Å². The Kier molecular flexibility index (Phi) is 12.0. The molecule has 224 valence electrons. The summed E-state index contributed by atoms with van der Waals surface area (Å²) in [6.07, 6.45) is 2.75. The summed E-state index contributed by atoms with van der Waals surface area (Å²) in [6, 6.07) is 6.58. The van der Waals surface area contributed by atoms with Crippen LogP contribution in [0.25, 0.3) is 10.7 Å². The minimum absolute atomic E-state index is 0.0157. The smallest absolute Gasteiger partial charge is 0.298 e. The minimum atomic E-state index is -0.831. The number of aromatic nitrogens is 4. The molecule has 0 aliphatic carbocycles. The lowest BCUT2D eigenvalue weighted by Crippen LogP contribution is -2.17. The molecule has 0 radical (unpaired) electrons. The second kappa shape index (κ2) is 15.8. The van der Waals surface area contributed by atoms with Gasteiger partial charge in [0, 0.05) is 25.7 Å². The van der Waals surface area contributed by atoms with E-state index in [0.717, 1.165) is 11.3 Å². The van der Waals surface area contributed by atoms with E-state index in [1.54, 1.807) is 31.2 Å². The van der Waals surface area contributed by atoms with E-state index < -0.39 is 11.7 Å². The lowest BCUT2D eigenvalue weighted by molar-refractivity contribution is -0.129. The van der Waals surface area contributed by atoms with Crippen LogP contribution in [-0.4, -0.2) is 84.0 Å². The van der Waals surface area contributed by atoms with Crippen molar-refractivity contribution in [1.29, 1.82) is 0 Å². The lowest BCUT2D eigenvalue weighted by atomic mass is 10.0. The summed E-state index contributed by atoms with van der Waals surface area (Å²) in [5, 5.41) is 26.9. The zero-order valence-electron chi connectivity index (χ0n) is 23.3. The van der Waals surface area contributed by atoms with E-state index in [0.29, 0.717) is 28.6 Å². The van der Waals surface area contributed by atoms with Gasteiger partial charge in [-0.15, -0.1) is 10.2 Å². The van der Waals surface area contributed by atoms with Gasteiger partial charge in [-0.25, -0.2) is 0 Å². The predicted molar refractivity (Wildman–Crippen MR) is 151 cm³/mol. The summed E-state index contributed by atoms with van der Waals surface area (Å²) in [4.78, 5) is 36.2. The third-order valence-corrected chi connectivity index (χ3v) is 6.06. The maximum atomic E-state index is 13.3. The van der Waals surface area contributed by atoms with E-state index in [1.165, 1.54) is 38.1 Å². The predicted octanol–water partition coefficient (Wildman–Crippen LogP) is 2.15. The summed E-state index contributed by atoms with van der Waals surface area (Å²) in [6.45, 7) is 3.30. The van der Waals surface area contributed by atoms with Crippen LogP contribution in [0, 0.1) is 0 Å². The first-order valence-corrected chi connectivity index (χ1v) is 13.2. The number of nitrogens with one attached hydrogen (secondary N) is 2. The molecule has 2 amide bonds. The lowest BCUT2D eigenvalue weighted by Gasteiger charge is -2.18. The number of allylic oxidation sites excluding steroid dienone is 3. The van der Waals surface area contributed by atoms with Gasteiger partial charge in [-0.1, -0.05) is 17.4 Å². The summed E-state index contributed by atoms with van der Waals surface area (Å²) < 4.78 is 28.6. The van der Waals surface area contributed by atoms with Crippen molar-refractivity contribution >= 4 is 46.1 Å². The molecule has 0 unspecified atom stereocenters. The maximum absolute atomic E-state index is 13.3. The van der Waals surface area contributed by atoms with Crippen LogP contribution in [0.5, 0.6) is 11.5 Å². The highest BCUT2D eigenvalue weighted by Crippen LogP contribution is 2.38. The molecule has 2 aromatic heterocycles. The fourth-order valence-corrected chi connectivity index (χ4v) is 4.22. The normalized spacial score (nSPS) is 11.8. The van der Waals surface area contributed by atoms with Crippen LogP contribution < -0.4 is 20.1 Å². The number of anilines is 2. The highest BCUT2D eigenvalue weighted by molar-refractivity contribution is 7.17. The molecule has 0 spiro atoms. The van der Waals surface area contributed by atoms with Gasteiger partial charge in [-0.05, 0) is 25.1 Å². The summed E-state index contributed by atoms with van der Waals surface area (Å²) >= 11 is 0.958. The first-order chi connectivity index (χ1) is 20.3.